The van der Waals surface area contributed by atoms with Crippen LogP contribution in [-0.2, 0) is 9.53 Å². The summed E-state index contributed by atoms with van der Waals surface area (Å²) in [6, 6.07) is 0. The SMILES string of the molecule is CCCC(CCC)(C(=O)NCCOC(N)=O)C(N)=S. The molecule has 0 aromatic rings. The number of ether oxygens (including phenoxy) is 1. The third kappa shape index (κ3) is 5.42. The van der Waals surface area contributed by atoms with E-state index in [0.717, 1.165) is 12.8 Å². The highest BCUT2D eigenvalue weighted by molar-refractivity contribution is 7.80. The van der Waals surface area contributed by atoms with Crippen molar-refractivity contribution >= 4 is 29.2 Å². The molecular formula is C12H23N3O3S. The molecule has 0 radical (unpaired) electrons. The lowest BCUT2D eigenvalue weighted by atomic mass is 9.78. The van der Waals surface area contributed by atoms with Gasteiger partial charge in [-0.25, -0.2) is 4.79 Å². The molecule has 0 fully saturated rings. The third-order valence-corrected chi connectivity index (χ3v) is 3.28. The minimum atomic E-state index is -0.864. The van der Waals surface area contributed by atoms with Gasteiger partial charge in [-0.15, -0.1) is 0 Å². The first-order valence-electron chi connectivity index (χ1n) is 6.41. The molecule has 19 heavy (non-hydrogen) atoms. The van der Waals surface area contributed by atoms with Gasteiger partial charge in [-0.1, -0.05) is 38.9 Å². The van der Waals surface area contributed by atoms with E-state index in [1.807, 2.05) is 13.8 Å². The Bertz CT molecular complexity index is 328. The Kier molecular flexibility index (Phi) is 8.06. The zero-order valence-electron chi connectivity index (χ0n) is 11.5. The summed E-state index contributed by atoms with van der Waals surface area (Å²) in [5.74, 6) is -0.211. The number of nitrogens with one attached hydrogen (secondary N) is 1. The smallest absolute Gasteiger partial charge is 0.404 e. The van der Waals surface area contributed by atoms with Crippen molar-refractivity contribution in [3.8, 4) is 0 Å². The molecule has 110 valence electrons. The van der Waals surface area contributed by atoms with Crippen LogP contribution in [0.1, 0.15) is 39.5 Å². The van der Waals surface area contributed by atoms with E-state index in [9.17, 15) is 9.59 Å². The van der Waals surface area contributed by atoms with Crippen LogP contribution < -0.4 is 16.8 Å². The normalized spacial score (nSPS) is 10.8. The Morgan fingerprint density at radius 1 is 1.21 bits per heavy atom. The molecule has 7 heteroatoms. The Morgan fingerprint density at radius 3 is 2.11 bits per heavy atom. The maximum Gasteiger partial charge on any atom is 0.404 e. The molecule has 0 saturated carbocycles. The van der Waals surface area contributed by atoms with Crippen LogP contribution in [0.15, 0.2) is 0 Å². The van der Waals surface area contributed by atoms with E-state index in [1.54, 1.807) is 0 Å². The van der Waals surface area contributed by atoms with Crippen molar-refractivity contribution in [1.29, 1.82) is 0 Å². The maximum atomic E-state index is 12.3. The molecule has 0 aliphatic carbocycles. The largest absolute Gasteiger partial charge is 0.448 e. The molecule has 0 saturated heterocycles. The van der Waals surface area contributed by atoms with Gasteiger partial charge in [0.1, 0.15) is 6.61 Å². The van der Waals surface area contributed by atoms with Gasteiger partial charge < -0.3 is 21.5 Å². The van der Waals surface area contributed by atoms with Crippen molar-refractivity contribution < 1.29 is 14.3 Å². The lowest BCUT2D eigenvalue weighted by molar-refractivity contribution is -0.128. The average molecular weight is 289 g/mol. The molecule has 0 aliphatic heterocycles. The second-order valence-electron chi connectivity index (χ2n) is 4.37. The van der Waals surface area contributed by atoms with Crippen LogP contribution >= 0.6 is 12.2 Å². The quantitative estimate of drug-likeness (QED) is 0.435. The number of hydrogen-bond donors (Lipinski definition) is 3. The van der Waals surface area contributed by atoms with Gasteiger partial charge in [-0.3, -0.25) is 4.79 Å². The van der Waals surface area contributed by atoms with Crippen molar-refractivity contribution in [2.24, 2.45) is 16.9 Å². The summed E-state index contributed by atoms with van der Waals surface area (Å²) in [6.07, 6.45) is 1.97. The van der Waals surface area contributed by atoms with E-state index in [0.29, 0.717) is 12.8 Å². The molecule has 0 bridgehead atoms. The van der Waals surface area contributed by atoms with Gasteiger partial charge in [0.05, 0.1) is 16.9 Å². The summed E-state index contributed by atoms with van der Waals surface area (Å²) in [6.45, 7) is 4.19. The maximum absolute atomic E-state index is 12.3. The zero-order valence-corrected chi connectivity index (χ0v) is 12.3. The summed E-state index contributed by atoms with van der Waals surface area (Å²) in [4.78, 5) is 22.9. The van der Waals surface area contributed by atoms with Crippen LogP contribution in [0.3, 0.4) is 0 Å². The number of primary amides is 1. The molecule has 0 rings (SSSR count). The van der Waals surface area contributed by atoms with E-state index in [-0.39, 0.29) is 24.0 Å². The molecule has 6 nitrogen and oxygen atoms in total. The highest BCUT2D eigenvalue weighted by Gasteiger charge is 2.39. The lowest BCUT2D eigenvalue weighted by Crippen LogP contribution is -2.49. The van der Waals surface area contributed by atoms with Gasteiger partial charge in [0.15, 0.2) is 0 Å². The Hall–Kier alpha value is -1.37. The van der Waals surface area contributed by atoms with Crippen LogP contribution in [0, 0.1) is 5.41 Å². The molecule has 0 unspecified atom stereocenters. The molecule has 5 N–H and O–H groups in total. The summed E-state index contributed by atoms with van der Waals surface area (Å²) >= 11 is 5.07. The van der Waals surface area contributed by atoms with Crippen LogP contribution in [0.25, 0.3) is 0 Å². The van der Waals surface area contributed by atoms with Gasteiger partial charge in [-0.2, -0.15) is 0 Å². The number of rotatable bonds is 9. The fourth-order valence-electron chi connectivity index (χ4n) is 2.05. The minimum absolute atomic E-state index is 0.0345. The molecule has 0 heterocycles. The number of amides is 2. The van der Waals surface area contributed by atoms with Crippen LogP contribution in [0.2, 0.25) is 0 Å². The predicted molar refractivity (Wildman–Crippen MR) is 77.6 cm³/mol. The number of thiocarbonyl (C=S) groups is 1. The van der Waals surface area contributed by atoms with Gasteiger partial charge >= 0.3 is 6.09 Å². The highest BCUT2D eigenvalue weighted by atomic mass is 32.1. The van der Waals surface area contributed by atoms with Gasteiger partial charge in [0.2, 0.25) is 5.91 Å². The third-order valence-electron chi connectivity index (χ3n) is 2.89. The molecule has 2 amide bonds. The first-order valence-corrected chi connectivity index (χ1v) is 6.82. The van der Waals surface area contributed by atoms with E-state index >= 15 is 0 Å². The first kappa shape index (κ1) is 17.6. The molecule has 0 spiro atoms. The fourth-order valence-corrected chi connectivity index (χ4v) is 2.35. The van der Waals surface area contributed by atoms with Crippen molar-refractivity contribution in [3.05, 3.63) is 0 Å². The second-order valence-corrected chi connectivity index (χ2v) is 4.81. The van der Waals surface area contributed by atoms with Crippen LogP contribution in [-0.4, -0.2) is 30.1 Å². The van der Waals surface area contributed by atoms with E-state index in [4.69, 9.17) is 23.7 Å². The van der Waals surface area contributed by atoms with Crippen molar-refractivity contribution in [1.82, 2.24) is 5.32 Å². The standard InChI is InChI=1S/C12H23N3O3S/c1-3-5-12(6-4-2,9(13)19)10(16)15-7-8-18-11(14)17/h3-8H2,1-2H3,(H2,13,19)(H2,14,17)(H,15,16). The average Bonchev–Trinajstić information content (AvgIpc) is 2.33. The van der Waals surface area contributed by atoms with Gasteiger partial charge in [-0.05, 0) is 12.8 Å². The summed E-state index contributed by atoms with van der Waals surface area (Å²) in [5, 5.41) is 2.69. The number of carbonyl (C=O) groups is 2. The minimum Gasteiger partial charge on any atom is -0.448 e. The second kappa shape index (κ2) is 8.68. The highest BCUT2D eigenvalue weighted by Crippen LogP contribution is 2.30. The van der Waals surface area contributed by atoms with Crippen molar-refractivity contribution in [2.45, 2.75) is 39.5 Å². The van der Waals surface area contributed by atoms with Crippen LogP contribution in [0.5, 0.6) is 0 Å². The number of carbonyl (C=O) groups excluding carboxylic acids is 2. The van der Waals surface area contributed by atoms with Crippen LogP contribution in [0.4, 0.5) is 4.79 Å². The van der Waals surface area contributed by atoms with Gasteiger partial charge in [0.25, 0.3) is 0 Å². The molecule has 0 aromatic carbocycles. The van der Waals surface area contributed by atoms with Gasteiger partial charge in [0, 0.05) is 0 Å². The molecule has 0 atom stereocenters. The Labute approximate surface area is 119 Å². The summed E-state index contributed by atoms with van der Waals surface area (Å²) in [7, 11) is 0. The number of nitrogens with two attached hydrogens (primary N) is 2. The molecular weight excluding hydrogens is 266 g/mol. The summed E-state index contributed by atoms with van der Waals surface area (Å²) < 4.78 is 4.55. The summed E-state index contributed by atoms with van der Waals surface area (Å²) in [5.41, 5.74) is 9.77. The van der Waals surface area contributed by atoms with E-state index < -0.39 is 11.5 Å². The lowest BCUT2D eigenvalue weighted by Gasteiger charge is -2.31. The van der Waals surface area contributed by atoms with E-state index in [1.165, 1.54) is 0 Å². The molecule has 0 aliphatic rings. The van der Waals surface area contributed by atoms with E-state index in [2.05, 4.69) is 10.1 Å². The molecule has 0 aromatic heterocycles. The first-order chi connectivity index (χ1) is 8.90. The van der Waals surface area contributed by atoms with Crippen molar-refractivity contribution in [2.75, 3.05) is 13.2 Å². The Balaban J connectivity index is 4.61. The monoisotopic (exact) mass is 289 g/mol. The predicted octanol–water partition coefficient (Wildman–Crippen LogP) is 1.07. The van der Waals surface area contributed by atoms with Crippen molar-refractivity contribution in [3.63, 3.8) is 0 Å². The zero-order chi connectivity index (χ0) is 14.9. The topological polar surface area (TPSA) is 107 Å². The fraction of sp³-hybridized carbons (Fsp3) is 0.750. The Morgan fingerprint density at radius 2 is 1.74 bits per heavy atom. The number of hydrogen-bond acceptors (Lipinski definition) is 4.